The normalized spacial score (nSPS) is 12.8. The molecule has 110 valence electrons. The fraction of sp³-hybridized carbons (Fsp3) is 0.429. The summed E-state index contributed by atoms with van der Waals surface area (Å²) in [5, 5.41) is 3.75. The van der Waals surface area contributed by atoms with Crippen LogP contribution in [-0.2, 0) is 11.3 Å². The number of benzene rings is 1. The Morgan fingerprint density at radius 3 is 2.65 bits per heavy atom. The van der Waals surface area contributed by atoms with E-state index in [1.165, 1.54) is 0 Å². The number of carbonyl (C=O) groups excluding carboxylic acids is 1. The lowest BCUT2D eigenvalue weighted by atomic mass is 9.87. The molecule has 4 nitrogen and oxygen atoms in total. The van der Waals surface area contributed by atoms with Crippen LogP contribution in [0.4, 0.5) is 0 Å². The lowest BCUT2D eigenvalue weighted by Gasteiger charge is -2.25. The molecule has 0 aliphatic heterocycles. The highest BCUT2D eigenvalue weighted by Crippen LogP contribution is 2.21. The Kier molecular flexibility index (Phi) is 5.50. The zero-order valence-corrected chi connectivity index (χ0v) is 13.5. The van der Waals surface area contributed by atoms with Crippen LogP contribution in [0, 0.1) is 5.41 Å². The molecule has 2 rings (SSSR count). The molecule has 20 heavy (non-hydrogen) atoms. The minimum absolute atomic E-state index is 0. The standard InChI is InChI=1S/C14H19N3OS.ClH/c1-14(2,3)12(15)13(18)16-8-11-17-9-6-4-5-7-10(9)19-11;/h4-7,12H,8,15H2,1-3H3,(H,16,18);1H/t12-;/m1./s1. The summed E-state index contributed by atoms with van der Waals surface area (Å²) in [6.45, 7) is 6.29. The Labute approximate surface area is 129 Å². The van der Waals surface area contributed by atoms with Gasteiger partial charge < -0.3 is 11.1 Å². The number of hydrogen-bond donors (Lipinski definition) is 2. The first kappa shape index (κ1) is 16.9. The Balaban J connectivity index is 0.00000200. The van der Waals surface area contributed by atoms with Crippen LogP contribution in [0.2, 0.25) is 0 Å². The predicted molar refractivity (Wildman–Crippen MR) is 86.1 cm³/mol. The molecule has 6 heteroatoms. The number of nitrogens with two attached hydrogens (primary N) is 1. The van der Waals surface area contributed by atoms with Gasteiger partial charge in [0.2, 0.25) is 5.91 Å². The third kappa shape index (κ3) is 3.91. The third-order valence-electron chi connectivity index (χ3n) is 2.97. The second-order valence-corrected chi connectivity index (χ2v) is 6.75. The molecule has 0 aliphatic carbocycles. The van der Waals surface area contributed by atoms with Gasteiger partial charge in [-0.15, -0.1) is 23.7 Å². The van der Waals surface area contributed by atoms with Crippen molar-refractivity contribution in [2.24, 2.45) is 11.1 Å². The molecule has 3 N–H and O–H groups in total. The number of aromatic nitrogens is 1. The molecular weight excluding hydrogens is 294 g/mol. The number of amides is 1. The van der Waals surface area contributed by atoms with E-state index >= 15 is 0 Å². The van der Waals surface area contributed by atoms with E-state index in [0.717, 1.165) is 15.2 Å². The first-order valence-electron chi connectivity index (χ1n) is 6.25. The topological polar surface area (TPSA) is 68.0 Å². The van der Waals surface area contributed by atoms with Crippen molar-refractivity contribution in [2.75, 3.05) is 0 Å². The van der Waals surface area contributed by atoms with E-state index in [2.05, 4.69) is 10.3 Å². The summed E-state index contributed by atoms with van der Waals surface area (Å²) in [5.41, 5.74) is 6.64. The van der Waals surface area contributed by atoms with Crippen molar-refractivity contribution in [3.8, 4) is 0 Å². The highest BCUT2D eigenvalue weighted by Gasteiger charge is 2.27. The number of carbonyl (C=O) groups is 1. The summed E-state index contributed by atoms with van der Waals surface area (Å²) in [6, 6.07) is 7.43. The highest BCUT2D eigenvalue weighted by atomic mass is 35.5. The van der Waals surface area contributed by atoms with Gasteiger partial charge >= 0.3 is 0 Å². The molecule has 0 saturated heterocycles. The van der Waals surface area contributed by atoms with Crippen molar-refractivity contribution in [1.29, 1.82) is 0 Å². The number of thiazole rings is 1. The molecule has 0 spiro atoms. The number of nitrogens with zero attached hydrogens (tertiary/aromatic N) is 1. The molecule has 1 heterocycles. The minimum atomic E-state index is -0.512. The average Bonchev–Trinajstić information content (AvgIpc) is 2.76. The van der Waals surface area contributed by atoms with Gasteiger partial charge in [0.05, 0.1) is 22.8 Å². The van der Waals surface area contributed by atoms with Crippen LogP contribution in [0.3, 0.4) is 0 Å². The van der Waals surface area contributed by atoms with E-state index in [1.807, 2.05) is 45.0 Å². The molecule has 0 radical (unpaired) electrons. The van der Waals surface area contributed by atoms with Crippen LogP contribution < -0.4 is 11.1 Å². The van der Waals surface area contributed by atoms with E-state index in [9.17, 15) is 4.79 Å². The van der Waals surface area contributed by atoms with Crippen LogP contribution in [-0.4, -0.2) is 16.9 Å². The Morgan fingerprint density at radius 1 is 1.40 bits per heavy atom. The van der Waals surface area contributed by atoms with Crippen LogP contribution in [0.1, 0.15) is 25.8 Å². The summed E-state index contributed by atoms with van der Waals surface area (Å²) < 4.78 is 1.13. The molecule has 1 aromatic heterocycles. The van der Waals surface area contributed by atoms with E-state index in [1.54, 1.807) is 11.3 Å². The molecule has 0 fully saturated rings. The SMILES string of the molecule is CC(C)(C)[C@H](N)C(=O)NCc1nc2ccccc2s1.Cl. The van der Waals surface area contributed by atoms with Gasteiger partial charge in [-0.25, -0.2) is 4.98 Å². The zero-order chi connectivity index (χ0) is 14.0. The number of nitrogens with one attached hydrogen (secondary N) is 1. The van der Waals surface area contributed by atoms with Crippen molar-refractivity contribution in [3.63, 3.8) is 0 Å². The number of hydrogen-bond acceptors (Lipinski definition) is 4. The van der Waals surface area contributed by atoms with E-state index in [4.69, 9.17) is 5.73 Å². The van der Waals surface area contributed by atoms with Gasteiger partial charge in [0.15, 0.2) is 0 Å². The summed E-state index contributed by atoms with van der Waals surface area (Å²) >= 11 is 1.59. The fourth-order valence-corrected chi connectivity index (χ4v) is 2.57. The molecule has 1 amide bonds. The van der Waals surface area contributed by atoms with E-state index in [0.29, 0.717) is 6.54 Å². The number of para-hydroxylation sites is 1. The fourth-order valence-electron chi connectivity index (χ4n) is 1.66. The molecule has 2 aromatic rings. The Morgan fingerprint density at radius 2 is 2.05 bits per heavy atom. The monoisotopic (exact) mass is 313 g/mol. The van der Waals surface area contributed by atoms with Crippen molar-refractivity contribution in [3.05, 3.63) is 29.3 Å². The van der Waals surface area contributed by atoms with E-state index in [-0.39, 0.29) is 23.7 Å². The predicted octanol–water partition coefficient (Wildman–Crippen LogP) is 2.71. The lowest BCUT2D eigenvalue weighted by Crippen LogP contribution is -2.48. The Bertz CT molecular complexity index is 558. The van der Waals surface area contributed by atoms with Crippen LogP contribution in [0.5, 0.6) is 0 Å². The maximum Gasteiger partial charge on any atom is 0.237 e. The van der Waals surface area contributed by atoms with E-state index < -0.39 is 6.04 Å². The van der Waals surface area contributed by atoms with Crippen molar-refractivity contribution >= 4 is 39.9 Å². The summed E-state index contributed by atoms with van der Waals surface area (Å²) in [5.74, 6) is -0.133. The molecular formula is C14H20ClN3OS. The highest BCUT2D eigenvalue weighted by molar-refractivity contribution is 7.18. The summed E-state index contributed by atoms with van der Waals surface area (Å²) in [7, 11) is 0. The molecule has 0 aliphatic rings. The molecule has 1 atom stereocenters. The minimum Gasteiger partial charge on any atom is -0.348 e. The zero-order valence-electron chi connectivity index (χ0n) is 11.8. The number of fused-ring (bicyclic) bond motifs is 1. The third-order valence-corrected chi connectivity index (χ3v) is 4.00. The van der Waals surface area contributed by atoms with Gasteiger partial charge in [-0.05, 0) is 17.5 Å². The summed E-state index contributed by atoms with van der Waals surface area (Å²) in [4.78, 5) is 16.4. The molecule has 0 bridgehead atoms. The largest absolute Gasteiger partial charge is 0.348 e. The van der Waals surface area contributed by atoms with Crippen molar-refractivity contribution in [1.82, 2.24) is 10.3 Å². The van der Waals surface area contributed by atoms with Crippen LogP contribution >= 0.6 is 23.7 Å². The van der Waals surface area contributed by atoms with Gasteiger partial charge in [-0.2, -0.15) is 0 Å². The van der Waals surface area contributed by atoms with Crippen molar-refractivity contribution < 1.29 is 4.79 Å². The number of halogens is 1. The molecule has 0 saturated carbocycles. The number of rotatable bonds is 3. The van der Waals surface area contributed by atoms with Crippen LogP contribution in [0.25, 0.3) is 10.2 Å². The van der Waals surface area contributed by atoms with Gasteiger partial charge in [0.1, 0.15) is 5.01 Å². The smallest absolute Gasteiger partial charge is 0.237 e. The van der Waals surface area contributed by atoms with Gasteiger partial charge in [0.25, 0.3) is 0 Å². The van der Waals surface area contributed by atoms with Gasteiger partial charge in [-0.3, -0.25) is 4.79 Å². The second kappa shape index (κ2) is 6.52. The quantitative estimate of drug-likeness (QED) is 0.915. The maximum absolute atomic E-state index is 11.9. The van der Waals surface area contributed by atoms with Gasteiger partial charge in [-0.1, -0.05) is 32.9 Å². The van der Waals surface area contributed by atoms with Crippen LogP contribution in [0.15, 0.2) is 24.3 Å². The Hall–Kier alpha value is -1.17. The first-order chi connectivity index (χ1) is 8.88. The first-order valence-corrected chi connectivity index (χ1v) is 7.07. The molecule has 0 unspecified atom stereocenters. The van der Waals surface area contributed by atoms with Crippen molar-refractivity contribution in [2.45, 2.75) is 33.4 Å². The lowest BCUT2D eigenvalue weighted by molar-refractivity contribution is -0.124. The molecule has 1 aromatic carbocycles. The maximum atomic E-state index is 11.9. The van der Waals surface area contributed by atoms with Gasteiger partial charge in [0, 0.05) is 0 Å². The average molecular weight is 314 g/mol. The summed E-state index contributed by atoms with van der Waals surface area (Å²) in [6.07, 6.45) is 0. The second-order valence-electron chi connectivity index (χ2n) is 5.64.